The lowest BCUT2D eigenvalue weighted by molar-refractivity contribution is -0.116. The largest absolute Gasteiger partial charge is 0.351 e. The van der Waals surface area contributed by atoms with Gasteiger partial charge in [0.25, 0.3) is 0 Å². The summed E-state index contributed by atoms with van der Waals surface area (Å²) in [6, 6.07) is 6.82. The molecule has 0 bridgehead atoms. The van der Waals surface area contributed by atoms with Gasteiger partial charge in [0.1, 0.15) is 0 Å². The molecule has 1 aliphatic carbocycles. The molecule has 0 saturated heterocycles. The number of benzene rings is 1. The smallest absolute Gasteiger partial charge is 0.316 e. The monoisotopic (exact) mass is 262 g/mol. The first-order valence-electron chi connectivity index (χ1n) is 6.33. The fraction of sp³-hybridized carbons (Fsp3) is 0.385. The number of hydrogen-bond acceptors (Lipinski definition) is 3. The number of carbonyl (C=O) groups is 2. The van der Waals surface area contributed by atoms with Crippen molar-refractivity contribution in [3.63, 3.8) is 0 Å². The molecule has 2 rings (SSSR count). The van der Waals surface area contributed by atoms with E-state index in [4.69, 9.17) is 5.73 Å². The average Bonchev–Trinajstić information content (AvgIpc) is 3.15. The van der Waals surface area contributed by atoms with Crippen LogP contribution in [0, 0.1) is 0 Å². The maximum absolute atomic E-state index is 11.6. The predicted molar refractivity (Wildman–Crippen MR) is 73.9 cm³/mol. The predicted octanol–water partition coefficient (Wildman–Crippen LogP) is 1.26. The normalized spacial score (nSPS) is 13.9. The summed E-state index contributed by atoms with van der Waals surface area (Å²) < 4.78 is 0. The van der Waals surface area contributed by atoms with Gasteiger partial charge in [-0.3, -0.25) is 4.79 Å². The second kappa shape index (κ2) is 6.19. The van der Waals surface area contributed by atoms with E-state index in [0.717, 1.165) is 0 Å². The Kier molecular flexibility index (Phi) is 4.35. The maximum Gasteiger partial charge on any atom is 0.316 e. The third-order valence-electron chi connectivity index (χ3n) is 2.80. The van der Waals surface area contributed by atoms with Crippen LogP contribution in [0.2, 0.25) is 0 Å². The lowest BCUT2D eigenvalue weighted by Crippen LogP contribution is -2.23. The Labute approximate surface area is 111 Å². The van der Waals surface area contributed by atoms with Crippen molar-refractivity contribution in [2.24, 2.45) is 5.73 Å². The van der Waals surface area contributed by atoms with Crippen molar-refractivity contribution in [1.29, 1.82) is 0 Å². The van der Waals surface area contributed by atoms with Crippen molar-refractivity contribution in [3.05, 3.63) is 24.3 Å². The van der Waals surface area contributed by atoms with Gasteiger partial charge in [0.2, 0.25) is 5.91 Å². The van der Waals surface area contributed by atoms with Crippen molar-refractivity contribution < 1.29 is 9.59 Å². The van der Waals surface area contributed by atoms with E-state index in [9.17, 15) is 9.59 Å². The Hall–Kier alpha value is -2.08. The highest BCUT2D eigenvalue weighted by Gasteiger charge is 2.20. The third kappa shape index (κ3) is 4.97. The minimum absolute atomic E-state index is 0.0243. The molecular formula is C13H18N4O2. The van der Waals surface area contributed by atoms with Gasteiger partial charge in [-0.25, -0.2) is 4.79 Å². The SMILES string of the molecule is NC(=O)Nc1ccc(NC(=O)CCNC2CC2)cc1. The van der Waals surface area contributed by atoms with Crippen LogP contribution in [-0.4, -0.2) is 24.5 Å². The molecule has 0 aromatic heterocycles. The van der Waals surface area contributed by atoms with E-state index in [1.807, 2.05) is 0 Å². The van der Waals surface area contributed by atoms with E-state index >= 15 is 0 Å². The molecule has 6 nitrogen and oxygen atoms in total. The molecule has 6 heteroatoms. The molecule has 0 aliphatic heterocycles. The number of amides is 3. The lowest BCUT2D eigenvalue weighted by Gasteiger charge is -2.07. The van der Waals surface area contributed by atoms with Crippen molar-refractivity contribution in [1.82, 2.24) is 5.32 Å². The molecule has 0 radical (unpaired) electrons. The van der Waals surface area contributed by atoms with Gasteiger partial charge in [0.05, 0.1) is 0 Å². The molecule has 1 aromatic carbocycles. The Morgan fingerprint density at radius 1 is 1.11 bits per heavy atom. The second-order valence-electron chi connectivity index (χ2n) is 4.59. The van der Waals surface area contributed by atoms with Crippen LogP contribution in [0.4, 0.5) is 16.2 Å². The Morgan fingerprint density at radius 2 is 1.68 bits per heavy atom. The van der Waals surface area contributed by atoms with Gasteiger partial charge in [0.15, 0.2) is 0 Å². The summed E-state index contributed by atoms with van der Waals surface area (Å²) in [7, 11) is 0. The highest BCUT2D eigenvalue weighted by atomic mass is 16.2. The molecule has 3 amide bonds. The molecule has 1 aromatic rings. The van der Waals surface area contributed by atoms with E-state index in [-0.39, 0.29) is 5.91 Å². The molecule has 1 aliphatic rings. The maximum atomic E-state index is 11.6. The zero-order valence-corrected chi connectivity index (χ0v) is 10.6. The molecule has 5 N–H and O–H groups in total. The van der Waals surface area contributed by atoms with Gasteiger partial charge in [-0.2, -0.15) is 0 Å². The molecule has 102 valence electrons. The number of carbonyl (C=O) groups excluding carboxylic acids is 2. The second-order valence-corrected chi connectivity index (χ2v) is 4.59. The fourth-order valence-electron chi connectivity index (χ4n) is 1.68. The topological polar surface area (TPSA) is 96.2 Å². The molecule has 0 atom stereocenters. The highest BCUT2D eigenvalue weighted by Crippen LogP contribution is 2.18. The third-order valence-corrected chi connectivity index (χ3v) is 2.80. The molecule has 1 saturated carbocycles. The minimum atomic E-state index is -0.608. The first kappa shape index (κ1) is 13.4. The fourth-order valence-corrected chi connectivity index (χ4v) is 1.68. The van der Waals surface area contributed by atoms with Gasteiger partial charge in [-0.15, -0.1) is 0 Å². The number of urea groups is 1. The van der Waals surface area contributed by atoms with Crippen molar-refractivity contribution in [2.45, 2.75) is 25.3 Å². The van der Waals surface area contributed by atoms with E-state index < -0.39 is 6.03 Å². The molecule has 19 heavy (non-hydrogen) atoms. The Bertz CT molecular complexity index is 454. The lowest BCUT2D eigenvalue weighted by atomic mass is 10.2. The first-order chi connectivity index (χ1) is 9.13. The number of primary amides is 1. The van der Waals surface area contributed by atoms with Gasteiger partial charge in [-0.05, 0) is 37.1 Å². The number of hydrogen-bond donors (Lipinski definition) is 4. The summed E-state index contributed by atoms with van der Waals surface area (Å²) in [5.41, 5.74) is 6.30. The van der Waals surface area contributed by atoms with E-state index in [2.05, 4.69) is 16.0 Å². The highest BCUT2D eigenvalue weighted by molar-refractivity contribution is 5.92. The molecule has 1 fully saturated rings. The zero-order chi connectivity index (χ0) is 13.7. The summed E-state index contributed by atoms with van der Waals surface area (Å²) in [6.45, 7) is 0.706. The van der Waals surface area contributed by atoms with Crippen molar-refractivity contribution >= 4 is 23.3 Å². The summed E-state index contributed by atoms with van der Waals surface area (Å²) >= 11 is 0. The Balaban J connectivity index is 1.74. The molecule has 0 heterocycles. The van der Waals surface area contributed by atoms with Crippen molar-refractivity contribution in [2.75, 3.05) is 17.2 Å². The summed E-state index contributed by atoms with van der Waals surface area (Å²) in [5, 5.41) is 8.53. The van der Waals surface area contributed by atoms with Gasteiger partial charge >= 0.3 is 6.03 Å². The molecular weight excluding hydrogens is 244 g/mol. The van der Waals surface area contributed by atoms with Crippen LogP contribution in [0.3, 0.4) is 0 Å². The quantitative estimate of drug-likeness (QED) is 0.621. The van der Waals surface area contributed by atoms with E-state index in [1.165, 1.54) is 12.8 Å². The summed E-state index contributed by atoms with van der Waals surface area (Å²) in [4.78, 5) is 22.3. The molecule has 0 spiro atoms. The standard InChI is InChI=1S/C13H18N4O2/c14-13(19)17-11-5-3-10(4-6-11)16-12(18)7-8-15-9-1-2-9/h3-6,9,15H,1-2,7-8H2,(H,16,18)(H3,14,17,19). The Morgan fingerprint density at radius 3 is 2.21 bits per heavy atom. The number of rotatable bonds is 6. The first-order valence-corrected chi connectivity index (χ1v) is 6.33. The van der Waals surface area contributed by atoms with Gasteiger partial charge < -0.3 is 21.7 Å². The number of nitrogens with two attached hydrogens (primary N) is 1. The minimum Gasteiger partial charge on any atom is -0.351 e. The van der Waals surface area contributed by atoms with Crippen LogP contribution >= 0.6 is 0 Å². The van der Waals surface area contributed by atoms with E-state index in [0.29, 0.717) is 30.4 Å². The van der Waals surface area contributed by atoms with E-state index in [1.54, 1.807) is 24.3 Å². The van der Waals surface area contributed by atoms with Gasteiger partial charge in [0, 0.05) is 30.4 Å². The van der Waals surface area contributed by atoms with Crippen LogP contribution in [0.25, 0.3) is 0 Å². The average molecular weight is 262 g/mol. The van der Waals surface area contributed by atoms with Gasteiger partial charge in [-0.1, -0.05) is 0 Å². The van der Waals surface area contributed by atoms with Crippen LogP contribution in [0.1, 0.15) is 19.3 Å². The van der Waals surface area contributed by atoms with Crippen LogP contribution in [-0.2, 0) is 4.79 Å². The van der Waals surface area contributed by atoms with Crippen LogP contribution < -0.4 is 21.7 Å². The molecule has 0 unspecified atom stereocenters. The van der Waals surface area contributed by atoms with Crippen LogP contribution in [0.15, 0.2) is 24.3 Å². The number of nitrogens with one attached hydrogen (secondary N) is 3. The van der Waals surface area contributed by atoms with Crippen LogP contribution in [0.5, 0.6) is 0 Å². The number of anilines is 2. The summed E-state index contributed by atoms with van der Waals surface area (Å²) in [5.74, 6) is -0.0243. The summed E-state index contributed by atoms with van der Waals surface area (Å²) in [6.07, 6.45) is 2.89. The zero-order valence-electron chi connectivity index (χ0n) is 10.6. The van der Waals surface area contributed by atoms with Crippen molar-refractivity contribution in [3.8, 4) is 0 Å².